The fourth-order valence-corrected chi connectivity index (χ4v) is 5.27. The van der Waals surface area contributed by atoms with E-state index in [2.05, 4.69) is 5.32 Å². The zero-order chi connectivity index (χ0) is 17.5. The quantitative estimate of drug-likeness (QED) is 0.769. The molecule has 0 spiro atoms. The summed E-state index contributed by atoms with van der Waals surface area (Å²) in [6.45, 7) is 0.969. The minimum atomic E-state index is -3.68. The van der Waals surface area contributed by atoms with Crippen LogP contribution in [0.5, 0.6) is 0 Å². The van der Waals surface area contributed by atoms with E-state index in [9.17, 15) is 13.2 Å². The Balaban J connectivity index is 1.82. The number of sulfonamides is 1. The molecule has 5 nitrogen and oxygen atoms in total. The maximum atomic E-state index is 12.8. The van der Waals surface area contributed by atoms with Crippen molar-refractivity contribution in [1.29, 1.82) is 0 Å². The highest BCUT2D eigenvalue weighted by Gasteiger charge is 2.56. The standard InChI is InChI=1S/C15H17Cl3N2O3S/c16-12-5-4-10(19-14(21)11-9-15(11,17)18)8-13(12)24(22,23)20-6-2-1-3-7-20/h4-5,8,11H,1-3,6-7,9H2,(H,19,21). The number of rotatable bonds is 4. The predicted molar refractivity (Wildman–Crippen MR) is 95.2 cm³/mol. The number of carbonyl (C=O) groups excluding carboxylic acids is 1. The van der Waals surface area contributed by atoms with Gasteiger partial charge in [0.15, 0.2) is 0 Å². The second kappa shape index (κ2) is 6.65. The van der Waals surface area contributed by atoms with E-state index in [1.54, 1.807) is 6.07 Å². The lowest BCUT2D eigenvalue weighted by atomic mass is 10.2. The SMILES string of the molecule is O=C(Nc1ccc(Cl)c(S(=O)(=O)N2CCCCC2)c1)C1CC1(Cl)Cl. The monoisotopic (exact) mass is 410 g/mol. The van der Waals surface area contributed by atoms with E-state index in [4.69, 9.17) is 34.8 Å². The van der Waals surface area contributed by atoms with Gasteiger partial charge in [-0.05, 0) is 37.5 Å². The molecular formula is C15H17Cl3N2O3S. The summed E-state index contributed by atoms with van der Waals surface area (Å²) in [6.07, 6.45) is 3.08. The Hall–Kier alpha value is -0.530. The van der Waals surface area contributed by atoms with Gasteiger partial charge in [0, 0.05) is 18.8 Å². The Morgan fingerprint density at radius 2 is 1.83 bits per heavy atom. The van der Waals surface area contributed by atoms with Crippen LogP contribution in [0.15, 0.2) is 23.1 Å². The first-order valence-electron chi connectivity index (χ1n) is 7.70. The first-order chi connectivity index (χ1) is 11.2. The normalized spacial score (nSPS) is 23.7. The van der Waals surface area contributed by atoms with E-state index >= 15 is 0 Å². The number of benzene rings is 1. The van der Waals surface area contributed by atoms with Crippen molar-refractivity contribution in [2.45, 2.75) is 34.9 Å². The maximum Gasteiger partial charge on any atom is 0.244 e. The van der Waals surface area contributed by atoms with Gasteiger partial charge in [0.25, 0.3) is 0 Å². The lowest BCUT2D eigenvalue weighted by Gasteiger charge is -2.26. The topological polar surface area (TPSA) is 66.5 Å². The Bertz CT molecular complexity index is 761. The zero-order valence-corrected chi connectivity index (χ0v) is 15.9. The molecule has 0 bridgehead atoms. The third kappa shape index (κ3) is 3.68. The summed E-state index contributed by atoms with van der Waals surface area (Å²) >= 11 is 17.9. The average Bonchev–Trinajstić information content (AvgIpc) is 3.19. The van der Waals surface area contributed by atoms with E-state index in [0.29, 0.717) is 25.2 Å². The van der Waals surface area contributed by atoms with Crippen molar-refractivity contribution in [2.24, 2.45) is 5.92 Å². The molecule has 24 heavy (non-hydrogen) atoms. The predicted octanol–water partition coefficient (Wildman–Crippen LogP) is 3.65. The number of carbonyl (C=O) groups is 1. The second-order valence-corrected chi connectivity index (χ2v) is 9.97. The summed E-state index contributed by atoms with van der Waals surface area (Å²) < 4.78 is 26.0. The molecular weight excluding hydrogens is 395 g/mol. The molecule has 1 aliphatic heterocycles. The van der Waals surface area contributed by atoms with Gasteiger partial charge >= 0.3 is 0 Å². The fourth-order valence-electron chi connectivity index (χ4n) is 2.75. The van der Waals surface area contributed by atoms with Crippen LogP contribution in [0, 0.1) is 5.92 Å². The van der Waals surface area contributed by atoms with Crippen molar-refractivity contribution >= 4 is 56.4 Å². The smallest absolute Gasteiger partial charge is 0.244 e. The summed E-state index contributed by atoms with van der Waals surface area (Å²) in [5.41, 5.74) is 0.357. The average molecular weight is 412 g/mol. The molecule has 1 aromatic rings. The molecule has 1 amide bonds. The minimum Gasteiger partial charge on any atom is -0.326 e. The highest BCUT2D eigenvalue weighted by Crippen LogP contribution is 2.53. The number of nitrogens with zero attached hydrogens (tertiary/aromatic N) is 1. The molecule has 2 fully saturated rings. The first kappa shape index (κ1) is 18.3. The third-order valence-electron chi connectivity index (χ3n) is 4.27. The van der Waals surface area contributed by atoms with Crippen LogP contribution < -0.4 is 5.32 Å². The molecule has 0 aromatic heterocycles. The number of hydrogen-bond acceptors (Lipinski definition) is 3. The van der Waals surface area contributed by atoms with Gasteiger partial charge in [-0.2, -0.15) is 4.31 Å². The van der Waals surface area contributed by atoms with Gasteiger partial charge in [0.05, 0.1) is 10.9 Å². The van der Waals surface area contributed by atoms with Crippen LogP contribution in [-0.2, 0) is 14.8 Å². The molecule has 1 saturated carbocycles. The fraction of sp³-hybridized carbons (Fsp3) is 0.533. The minimum absolute atomic E-state index is 0.00248. The molecule has 1 N–H and O–H groups in total. The Morgan fingerprint density at radius 3 is 2.42 bits per heavy atom. The number of halogens is 3. The van der Waals surface area contributed by atoms with E-state index < -0.39 is 20.3 Å². The molecule has 1 unspecified atom stereocenters. The highest BCUT2D eigenvalue weighted by atomic mass is 35.5. The summed E-state index contributed by atoms with van der Waals surface area (Å²) in [6, 6.07) is 4.41. The number of alkyl halides is 2. The Labute approximate surface area is 156 Å². The van der Waals surface area contributed by atoms with Gasteiger partial charge in [-0.15, -0.1) is 23.2 Å². The molecule has 132 valence electrons. The number of anilines is 1. The van der Waals surface area contributed by atoms with Crippen molar-refractivity contribution < 1.29 is 13.2 Å². The number of nitrogens with one attached hydrogen (secondary N) is 1. The van der Waals surface area contributed by atoms with Crippen molar-refractivity contribution in [1.82, 2.24) is 4.31 Å². The van der Waals surface area contributed by atoms with E-state index in [1.165, 1.54) is 16.4 Å². The largest absolute Gasteiger partial charge is 0.326 e. The maximum absolute atomic E-state index is 12.8. The summed E-state index contributed by atoms with van der Waals surface area (Å²) in [5.74, 6) is -0.817. The Morgan fingerprint density at radius 1 is 1.21 bits per heavy atom. The van der Waals surface area contributed by atoms with Gasteiger partial charge in [-0.1, -0.05) is 18.0 Å². The third-order valence-corrected chi connectivity index (χ3v) is 7.49. The van der Waals surface area contributed by atoms with Crippen molar-refractivity contribution in [3.8, 4) is 0 Å². The van der Waals surface area contributed by atoms with E-state index in [-0.39, 0.29) is 15.8 Å². The van der Waals surface area contributed by atoms with Crippen molar-refractivity contribution in [3.63, 3.8) is 0 Å². The van der Waals surface area contributed by atoms with Gasteiger partial charge in [-0.25, -0.2) is 8.42 Å². The summed E-state index contributed by atoms with van der Waals surface area (Å²) in [7, 11) is -3.68. The number of piperidine rings is 1. The molecule has 1 aliphatic carbocycles. The van der Waals surface area contributed by atoms with E-state index in [0.717, 1.165) is 19.3 Å². The van der Waals surface area contributed by atoms with Crippen LogP contribution in [0.1, 0.15) is 25.7 Å². The lowest BCUT2D eigenvalue weighted by Crippen LogP contribution is -2.35. The van der Waals surface area contributed by atoms with Crippen LogP contribution in [-0.4, -0.2) is 36.1 Å². The molecule has 0 radical (unpaired) electrons. The lowest BCUT2D eigenvalue weighted by molar-refractivity contribution is -0.117. The van der Waals surface area contributed by atoms with Crippen LogP contribution in [0.3, 0.4) is 0 Å². The molecule has 9 heteroatoms. The Kier molecular flexibility index (Phi) is 5.06. The molecule has 1 aromatic carbocycles. The van der Waals surface area contributed by atoms with Crippen LogP contribution in [0.2, 0.25) is 5.02 Å². The van der Waals surface area contributed by atoms with Gasteiger partial charge < -0.3 is 5.32 Å². The molecule has 1 heterocycles. The van der Waals surface area contributed by atoms with Crippen molar-refractivity contribution in [3.05, 3.63) is 23.2 Å². The van der Waals surface area contributed by atoms with Crippen molar-refractivity contribution in [2.75, 3.05) is 18.4 Å². The van der Waals surface area contributed by atoms with Crippen LogP contribution in [0.25, 0.3) is 0 Å². The van der Waals surface area contributed by atoms with Crippen LogP contribution in [0.4, 0.5) is 5.69 Å². The zero-order valence-electron chi connectivity index (χ0n) is 12.8. The van der Waals surface area contributed by atoms with E-state index in [1.807, 2.05) is 0 Å². The first-order valence-corrected chi connectivity index (χ1v) is 10.3. The van der Waals surface area contributed by atoms with Gasteiger partial charge in [0.1, 0.15) is 9.23 Å². The number of hydrogen-bond donors (Lipinski definition) is 1. The highest BCUT2D eigenvalue weighted by molar-refractivity contribution is 7.89. The number of amides is 1. The molecule has 2 aliphatic rings. The van der Waals surface area contributed by atoms with Gasteiger partial charge in [0.2, 0.25) is 15.9 Å². The molecule has 1 atom stereocenters. The second-order valence-electron chi connectivity index (χ2n) is 6.12. The molecule has 1 saturated heterocycles. The van der Waals surface area contributed by atoms with Crippen LogP contribution >= 0.6 is 34.8 Å². The van der Waals surface area contributed by atoms with Gasteiger partial charge in [-0.3, -0.25) is 4.79 Å². The summed E-state index contributed by atoms with van der Waals surface area (Å²) in [5, 5.41) is 2.79. The molecule has 3 rings (SSSR count). The summed E-state index contributed by atoms with van der Waals surface area (Å²) in [4.78, 5) is 12.1.